The first-order valence-corrected chi connectivity index (χ1v) is 9.65. The Bertz CT molecular complexity index is 817. The lowest BCUT2D eigenvalue weighted by atomic mass is 10.0. The van der Waals surface area contributed by atoms with Crippen LogP contribution in [0.5, 0.6) is 0 Å². The number of benzene rings is 1. The van der Waals surface area contributed by atoms with Crippen LogP contribution >= 0.6 is 24.0 Å². The fourth-order valence-corrected chi connectivity index (χ4v) is 3.77. The Balaban J connectivity index is 0.00000300. The number of piperazine rings is 1. The third kappa shape index (κ3) is 5.65. The fourth-order valence-electron chi connectivity index (χ4n) is 3.77. The van der Waals surface area contributed by atoms with Crippen LogP contribution in [0.1, 0.15) is 30.6 Å². The molecule has 9 heteroatoms. The highest BCUT2D eigenvalue weighted by molar-refractivity contribution is 14.0. The molecule has 0 saturated carbocycles. The van der Waals surface area contributed by atoms with E-state index < -0.39 is 11.6 Å². The summed E-state index contributed by atoms with van der Waals surface area (Å²) in [6, 6.07) is 5.80. The van der Waals surface area contributed by atoms with Gasteiger partial charge in [0.1, 0.15) is 11.6 Å². The van der Waals surface area contributed by atoms with Gasteiger partial charge in [-0.2, -0.15) is 5.10 Å². The molecule has 1 N–H and O–H groups in total. The molecule has 1 aromatic carbocycles. The van der Waals surface area contributed by atoms with Gasteiger partial charge in [0, 0.05) is 64.1 Å². The van der Waals surface area contributed by atoms with Gasteiger partial charge in [0.2, 0.25) is 0 Å². The van der Waals surface area contributed by atoms with Crippen LogP contribution in [-0.4, -0.2) is 58.8 Å². The molecule has 1 atom stereocenters. The van der Waals surface area contributed by atoms with Crippen LogP contribution in [0.4, 0.5) is 8.78 Å². The zero-order valence-electron chi connectivity index (χ0n) is 17.1. The molecule has 0 spiro atoms. The lowest BCUT2D eigenvalue weighted by molar-refractivity contribution is 0.124. The number of nitrogens with one attached hydrogen (secondary N) is 1. The maximum atomic E-state index is 14.3. The monoisotopic (exact) mass is 518 g/mol. The van der Waals surface area contributed by atoms with Crippen molar-refractivity contribution in [1.29, 1.82) is 0 Å². The Morgan fingerprint density at radius 3 is 2.48 bits per heavy atom. The van der Waals surface area contributed by atoms with Gasteiger partial charge < -0.3 is 10.2 Å². The third-order valence-electron chi connectivity index (χ3n) is 5.32. The van der Waals surface area contributed by atoms with E-state index in [1.54, 1.807) is 19.3 Å². The normalized spacial score (nSPS) is 16.4. The minimum absolute atomic E-state index is 0. The Kier molecular flexibility index (Phi) is 8.81. The van der Waals surface area contributed by atoms with Gasteiger partial charge in [-0.3, -0.25) is 14.6 Å². The lowest BCUT2D eigenvalue weighted by Crippen LogP contribution is -2.53. The molecule has 0 radical (unpaired) electrons. The molecular formula is C20H29F2IN6. The molecule has 29 heavy (non-hydrogen) atoms. The van der Waals surface area contributed by atoms with Gasteiger partial charge in [-0.15, -0.1) is 24.0 Å². The molecule has 1 unspecified atom stereocenters. The molecule has 1 aliphatic rings. The predicted molar refractivity (Wildman–Crippen MR) is 121 cm³/mol. The van der Waals surface area contributed by atoms with E-state index in [2.05, 4.69) is 25.2 Å². The number of hydrogen-bond acceptors (Lipinski definition) is 3. The number of guanidine groups is 1. The SMILES string of the molecule is CCC(c1ccc(F)cc1F)N1CCN(C(=NC)NCc2ccnn2C)CC1.I. The molecule has 2 aromatic rings. The fraction of sp³-hybridized carbons (Fsp3) is 0.500. The lowest BCUT2D eigenvalue weighted by Gasteiger charge is -2.40. The van der Waals surface area contributed by atoms with E-state index in [1.165, 1.54) is 6.07 Å². The quantitative estimate of drug-likeness (QED) is 0.376. The molecule has 2 heterocycles. The summed E-state index contributed by atoms with van der Waals surface area (Å²) in [4.78, 5) is 8.87. The summed E-state index contributed by atoms with van der Waals surface area (Å²) >= 11 is 0. The Morgan fingerprint density at radius 2 is 1.93 bits per heavy atom. The van der Waals surface area contributed by atoms with E-state index in [4.69, 9.17) is 0 Å². The minimum Gasteiger partial charge on any atom is -0.351 e. The van der Waals surface area contributed by atoms with E-state index >= 15 is 0 Å². The van der Waals surface area contributed by atoms with Crippen molar-refractivity contribution < 1.29 is 8.78 Å². The molecule has 0 bridgehead atoms. The Morgan fingerprint density at radius 1 is 1.21 bits per heavy atom. The maximum Gasteiger partial charge on any atom is 0.194 e. The molecule has 0 aliphatic carbocycles. The van der Waals surface area contributed by atoms with Crippen molar-refractivity contribution >= 4 is 29.9 Å². The molecule has 3 rings (SSSR count). The van der Waals surface area contributed by atoms with Crippen LogP contribution in [0.15, 0.2) is 35.5 Å². The first-order valence-electron chi connectivity index (χ1n) is 9.65. The standard InChI is InChI=1S/C20H28F2N6.HI/c1-4-19(17-6-5-15(21)13-18(17)22)27-9-11-28(12-10-27)20(23-2)24-14-16-7-8-25-26(16)3;/h5-8,13,19H,4,9-12,14H2,1-3H3,(H,23,24);1H. The van der Waals surface area contributed by atoms with E-state index in [9.17, 15) is 8.78 Å². The highest BCUT2D eigenvalue weighted by Gasteiger charge is 2.27. The molecule has 1 fully saturated rings. The summed E-state index contributed by atoms with van der Waals surface area (Å²) in [6.45, 7) is 5.87. The second-order valence-electron chi connectivity index (χ2n) is 6.96. The van der Waals surface area contributed by atoms with Gasteiger partial charge in [-0.1, -0.05) is 13.0 Å². The Hall–Kier alpha value is -1.75. The Labute approximate surface area is 188 Å². The van der Waals surface area contributed by atoms with Crippen molar-refractivity contribution in [2.75, 3.05) is 33.2 Å². The van der Waals surface area contributed by atoms with Crippen LogP contribution in [0.25, 0.3) is 0 Å². The van der Waals surface area contributed by atoms with E-state index in [0.29, 0.717) is 12.1 Å². The summed E-state index contributed by atoms with van der Waals surface area (Å²) in [5, 5.41) is 7.56. The maximum absolute atomic E-state index is 14.3. The van der Waals surface area contributed by atoms with Crippen molar-refractivity contribution in [2.24, 2.45) is 12.0 Å². The van der Waals surface area contributed by atoms with Crippen LogP contribution in [0, 0.1) is 11.6 Å². The molecule has 6 nitrogen and oxygen atoms in total. The third-order valence-corrected chi connectivity index (χ3v) is 5.32. The second kappa shape index (κ2) is 10.9. The largest absolute Gasteiger partial charge is 0.351 e. The van der Waals surface area contributed by atoms with Gasteiger partial charge >= 0.3 is 0 Å². The average molecular weight is 518 g/mol. The van der Waals surface area contributed by atoms with E-state index in [0.717, 1.165) is 50.3 Å². The first kappa shape index (κ1) is 23.5. The van der Waals surface area contributed by atoms with Gasteiger partial charge in [0.05, 0.1) is 12.2 Å². The summed E-state index contributed by atoms with van der Waals surface area (Å²) in [5.41, 5.74) is 1.65. The summed E-state index contributed by atoms with van der Waals surface area (Å²) in [7, 11) is 3.69. The second-order valence-corrected chi connectivity index (χ2v) is 6.96. The average Bonchev–Trinajstić information content (AvgIpc) is 3.10. The first-order chi connectivity index (χ1) is 13.5. The van der Waals surface area contributed by atoms with Crippen LogP contribution in [0.2, 0.25) is 0 Å². The van der Waals surface area contributed by atoms with E-state index in [-0.39, 0.29) is 30.0 Å². The summed E-state index contributed by atoms with van der Waals surface area (Å²) in [5.74, 6) is -0.158. The van der Waals surface area contributed by atoms with Crippen LogP contribution < -0.4 is 5.32 Å². The smallest absolute Gasteiger partial charge is 0.194 e. The molecule has 1 saturated heterocycles. The van der Waals surface area contributed by atoms with Crippen LogP contribution in [-0.2, 0) is 13.6 Å². The van der Waals surface area contributed by atoms with Gasteiger partial charge in [-0.05, 0) is 18.6 Å². The van der Waals surface area contributed by atoms with Gasteiger partial charge in [0.25, 0.3) is 0 Å². The number of halogens is 3. The molecule has 160 valence electrons. The van der Waals surface area contributed by atoms with Crippen molar-refractivity contribution in [3.05, 3.63) is 53.4 Å². The number of nitrogens with zero attached hydrogens (tertiary/aromatic N) is 5. The number of aliphatic imine (C=N–C) groups is 1. The number of aryl methyl sites for hydroxylation is 1. The highest BCUT2D eigenvalue weighted by Crippen LogP contribution is 2.28. The number of rotatable bonds is 5. The van der Waals surface area contributed by atoms with E-state index in [1.807, 2.05) is 24.7 Å². The summed E-state index contributed by atoms with van der Waals surface area (Å²) < 4.78 is 29.3. The number of aromatic nitrogens is 2. The van der Waals surface area contributed by atoms with Crippen molar-refractivity contribution in [3.8, 4) is 0 Å². The molecular weight excluding hydrogens is 489 g/mol. The van der Waals surface area contributed by atoms with Gasteiger partial charge in [0.15, 0.2) is 5.96 Å². The zero-order valence-corrected chi connectivity index (χ0v) is 19.4. The molecule has 0 amide bonds. The summed E-state index contributed by atoms with van der Waals surface area (Å²) in [6.07, 6.45) is 2.55. The van der Waals surface area contributed by atoms with Crippen molar-refractivity contribution in [2.45, 2.75) is 25.9 Å². The minimum atomic E-state index is -0.538. The zero-order chi connectivity index (χ0) is 20.1. The van der Waals surface area contributed by atoms with Crippen molar-refractivity contribution in [1.82, 2.24) is 24.9 Å². The number of hydrogen-bond donors (Lipinski definition) is 1. The van der Waals surface area contributed by atoms with Crippen LogP contribution in [0.3, 0.4) is 0 Å². The molecule has 1 aromatic heterocycles. The predicted octanol–water partition coefficient (Wildman–Crippen LogP) is 3.16. The highest BCUT2D eigenvalue weighted by atomic mass is 127. The topological polar surface area (TPSA) is 48.7 Å². The molecule has 1 aliphatic heterocycles. The van der Waals surface area contributed by atoms with Crippen molar-refractivity contribution in [3.63, 3.8) is 0 Å². The van der Waals surface area contributed by atoms with Gasteiger partial charge in [-0.25, -0.2) is 8.78 Å².